The molecule has 7 nitrogen and oxygen atoms in total. The van der Waals surface area contributed by atoms with Crippen molar-refractivity contribution in [2.45, 2.75) is 26.3 Å². The first-order valence-electron chi connectivity index (χ1n) is 6.20. The van der Waals surface area contributed by atoms with Crippen LogP contribution >= 0.6 is 11.3 Å². The Labute approximate surface area is 119 Å². The van der Waals surface area contributed by atoms with Crippen LogP contribution in [0.2, 0.25) is 0 Å². The van der Waals surface area contributed by atoms with Crippen molar-refractivity contribution in [2.75, 3.05) is 5.73 Å². The topological polar surface area (TPSA) is 95.7 Å². The van der Waals surface area contributed by atoms with Crippen LogP contribution < -0.4 is 5.73 Å². The number of aromatic nitrogens is 5. The molecule has 0 aliphatic rings. The molecule has 2 N–H and O–H groups in total. The van der Waals surface area contributed by atoms with Gasteiger partial charge in [0.15, 0.2) is 5.82 Å². The van der Waals surface area contributed by atoms with Crippen LogP contribution in [0.1, 0.15) is 31.4 Å². The van der Waals surface area contributed by atoms with Gasteiger partial charge in [0.05, 0.1) is 10.6 Å². The lowest BCUT2D eigenvalue weighted by Gasteiger charge is -2.07. The summed E-state index contributed by atoms with van der Waals surface area (Å²) in [5, 5.41) is 18.0. The molecule has 3 rings (SSSR count). The molecule has 20 heavy (non-hydrogen) atoms. The van der Waals surface area contributed by atoms with E-state index in [1.165, 1.54) is 0 Å². The number of nitrogens with two attached hydrogens (primary N) is 1. The van der Waals surface area contributed by atoms with Gasteiger partial charge in [-0.2, -0.15) is 0 Å². The highest BCUT2D eigenvalue weighted by Crippen LogP contribution is 2.24. The summed E-state index contributed by atoms with van der Waals surface area (Å²) in [6.45, 7) is 4.45. The van der Waals surface area contributed by atoms with Gasteiger partial charge in [0.2, 0.25) is 5.89 Å². The minimum absolute atomic E-state index is 0.227. The molecular formula is C12H14N6OS. The minimum atomic E-state index is 0.227. The minimum Gasteiger partial charge on any atom is -0.418 e. The molecule has 0 aliphatic carbocycles. The zero-order valence-corrected chi connectivity index (χ0v) is 12.0. The molecule has 0 aliphatic heterocycles. The van der Waals surface area contributed by atoms with Gasteiger partial charge in [0.25, 0.3) is 5.89 Å². The number of hydrogen-bond acceptors (Lipinski definition) is 7. The molecule has 3 aromatic heterocycles. The molecule has 0 radical (unpaired) electrons. The average Bonchev–Trinajstić information content (AvgIpc) is 3.10. The molecular weight excluding hydrogens is 276 g/mol. The van der Waals surface area contributed by atoms with Gasteiger partial charge in [-0.1, -0.05) is 25.1 Å². The normalized spacial score (nSPS) is 11.3. The third-order valence-corrected chi connectivity index (χ3v) is 3.69. The SMILES string of the molecule is CC(C)c1c(N)nnn1Cc1nnc(-c2cccs2)o1. The molecule has 0 atom stereocenters. The molecule has 8 heteroatoms. The van der Waals surface area contributed by atoms with Gasteiger partial charge in [0.1, 0.15) is 6.54 Å². The van der Waals surface area contributed by atoms with E-state index >= 15 is 0 Å². The van der Waals surface area contributed by atoms with Gasteiger partial charge < -0.3 is 10.2 Å². The van der Waals surface area contributed by atoms with Crippen LogP contribution in [0.3, 0.4) is 0 Å². The van der Waals surface area contributed by atoms with E-state index in [-0.39, 0.29) is 5.92 Å². The molecule has 0 spiro atoms. The molecule has 0 saturated heterocycles. The predicted molar refractivity (Wildman–Crippen MR) is 75.2 cm³/mol. The van der Waals surface area contributed by atoms with Crippen molar-refractivity contribution in [3.05, 3.63) is 29.1 Å². The van der Waals surface area contributed by atoms with Gasteiger partial charge in [-0.3, -0.25) is 0 Å². The van der Waals surface area contributed by atoms with Crippen LogP contribution in [0, 0.1) is 0 Å². The van der Waals surface area contributed by atoms with E-state index in [9.17, 15) is 0 Å². The van der Waals surface area contributed by atoms with Gasteiger partial charge >= 0.3 is 0 Å². The molecule has 0 amide bonds. The van der Waals surface area contributed by atoms with Gasteiger partial charge in [-0.05, 0) is 17.4 Å². The summed E-state index contributed by atoms with van der Waals surface area (Å²) in [5.41, 5.74) is 6.69. The number of hydrogen-bond donors (Lipinski definition) is 1. The van der Waals surface area contributed by atoms with Gasteiger partial charge in [-0.15, -0.1) is 26.6 Å². The first-order valence-corrected chi connectivity index (χ1v) is 7.08. The first-order chi connectivity index (χ1) is 9.65. The summed E-state index contributed by atoms with van der Waals surface area (Å²) in [6, 6.07) is 3.88. The maximum atomic E-state index is 5.82. The van der Waals surface area contributed by atoms with E-state index in [4.69, 9.17) is 10.2 Å². The Morgan fingerprint density at radius 1 is 1.35 bits per heavy atom. The zero-order chi connectivity index (χ0) is 14.1. The Morgan fingerprint density at radius 3 is 2.90 bits per heavy atom. The highest BCUT2D eigenvalue weighted by molar-refractivity contribution is 7.13. The molecule has 3 aromatic rings. The maximum Gasteiger partial charge on any atom is 0.257 e. The summed E-state index contributed by atoms with van der Waals surface area (Å²) in [7, 11) is 0. The van der Waals surface area contributed by atoms with E-state index in [0.29, 0.717) is 24.1 Å². The van der Waals surface area contributed by atoms with Crippen LogP contribution in [-0.2, 0) is 6.54 Å². The predicted octanol–water partition coefficient (Wildman–Crippen LogP) is 2.14. The first kappa shape index (κ1) is 12.8. The van der Waals surface area contributed by atoms with Crippen molar-refractivity contribution in [3.8, 4) is 10.8 Å². The second-order valence-electron chi connectivity index (χ2n) is 4.65. The van der Waals surface area contributed by atoms with E-state index in [1.807, 2.05) is 31.4 Å². The molecule has 104 valence electrons. The molecule has 0 saturated carbocycles. The Balaban J connectivity index is 1.85. The van der Waals surface area contributed by atoms with Crippen molar-refractivity contribution in [3.63, 3.8) is 0 Å². The highest BCUT2D eigenvalue weighted by Gasteiger charge is 2.17. The maximum absolute atomic E-state index is 5.82. The van der Waals surface area contributed by atoms with Gasteiger partial charge in [-0.25, -0.2) is 4.68 Å². The lowest BCUT2D eigenvalue weighted by molar-refractivity contribution is 0.460. The van der Waals surface area contributed by atoms with Crippen LogP contribution in [0.5, 0.6) is 0 Å². The van der Waals surface area contributed by atoms with Crippen LogP contribution in [0.15, 0.2) is 21.9 Å². The fraction of sp³-hybridized carbons (Fsp3) is 0.333. The Hall–Kier alpha value is -2.22. The Bertz CT molecular complexity index is 699. The number of nitrogen functional groups attached to an aromatic ring is 1. The average molecular weight is 290 g/mol. The molecule has 0 aromatic carbocycles. The largest absolute Gasteiger partial charge is 0.418 e. The number of anilines is 1. The molecule has 0 bridgehead atoms. The van der Waals surface area contributed by atoms with Crippen molar-refractivity contribution in [2.24, 2.45) is 0 Å². The van der Waals surface area contributed by atoms with E-state index in [0.717, 1.165) is 10.6 Å². The quantitative estimate of drug-likeness (QED) is 0.791. The summed E-state index contributed by atoms with van der Waals surface area (Å²) in [6.07, 6.45) is 0. The number of nitrogens with zero attached hydrogens (tertiary/aromatic N) is 5. The molecule has 0 fully saturated rings. The van der Waals surface area contributed by atoms with Crippen LogP contribution in [0.4, 0.5) is 5.82 Å². The number of rotatable bonds is 4. The highest BCUT2D eigenvalue weighted by atomic mass is 32.1. The molecule has 3 heterocycles. The van der Waals surface area contributed by atoms with Crippen molar-refractivity contribution in [1.82, 2.24) is 25.2 Å². The monoisotopic (exact) mass is 290 g/mol. The van der Waals surface area contributed by atoms with Crippen LogP contribution in [-0.4, -0.2) is 25.2 Å². The van der Waals surface area contributed by atoms with Crippen molar-refractivity contribution < 1.29 is 4.42 Å². The smallest absolute Gasteiger partial charge is 0.257 e. The van der Waals surface area contributed by atoms with E-state index in [2.05, 4.69) is 20.5 Å². The summed E-state index contributed by atoms with van der Waals surface area (Å²) in [5.74, 6) is 1.68. The van der Waals surface area contributed by atoms with Crippen molar-refractivity contribution in [1.29, 1.82) is 0 Å². The Morgan fingerprint density at radius 2 is 2.20 bits per heavy atom. The zero-order valence-electron chi connectivity index (χ0n) is 11.1. The van der Waals surface area contributed by atoms with Crippen molar-refractivity contribution >= 4 is 17.2 Å². The summed E-state index contributed by atoms with van der Waals surface area (Å²) < 4.78 is 7.33. The van der Waals surface area contributed by atoms with Crippen LogP contribution in [0.25, 0.3) is 10.8 Å². The third kappa shape index (κ3) is 2.29. The third-order valence-electron chi connectivity index (χ3n) is 2.83. The Kier molecular flexibility index (Phi) is 3.23. The fourth-order valence-corrected chi connectivity index (χ4v) is 2.63. The second kappa shape index (κ2) is 5.04. The standard InChI is InChI=1S/C12H14N6OS/c1-7(2)10-11(13)15-17-18(10)6-9-14-16-12(19-9)8-4-3-5-20-8/h3-5,7H,6,13H2,1-2H3. The molecule has 0 unspecified atom stereocenters. The van der Waals surface area contributed by atoms with E-state index < -0.39 is 0 Å². The fourth-order valence-electron chi connectivity index (χ4n) is 1.99. The number of thiophene rings is 1. The van der Waals surface area contributed by atoms with Gasteiger partial charge in [0, 0.05) is 0 Å². The summed E-state index contributed by atoms with van der Waals surface area (Å²) in [4.78, 5) is 0.950. The van der Waals surface area contributed by atoms with E-state index in [1.54, 1.807) is 16.0 Å². The lowest BCUT2D eigenvalue weighted by Crippen LogP contribution is -2.09. The second-order valence-corrected chi connectivity index (χ2v) is 5.60. The summed E-state index contributed by atoms with van der Waals surface area (Å²) >= 11 is 1.56. The lowest BCUT2D eigenvalue weighted by atomic mass is 10.1.